The number of nitrogens with one attached hydrogen (secondary N) is 1. The number of amides is 1. The summed E-state index contributed by atoms with van der Waals surface area (Å²) in [4.78, 5) is 14.3. The minimum atomic E-state index is -0.447. The molecule has 0 fully saturated rings. The Morgan fingerprint density at radius 1 is 1.19 bits per heavy atom. The van der Waals surface area contributed by atoms with Gasteiger partial charge in [-0.05, 0) is 38.1 Å². The predicted molar refractivity (Wildman–Crippen MR) is 103 cm³/mol. The third kappa shape index (κ3) is 3.69. The van der Waals surface area contributed by atoms with E-state index in [0.29, 0.717) is 11.1 Å². The second-order valence-electron chi connectivity index (χ2n) is 5.76. The predicted octanol–water partition coefficient (Wildman–Crippen LogP) is 3.75. The molecule has 0 aliphatic carbocycles. The Balaban J connectivity index is 1.69. The van der Waals surface area contributed by atoms with Crippen molar-refractivity contribution in [1.82, 2.24) is 5.43 Å². The summed E-state index contributed by atoms with van der Waals surface area (Å²) in [5.41, 5.74) is 4.52. The fraction of sp³-hybridized carbons (Fsp3) is 0.200. The number of hydrazone groups is 1. The number of phenols is 1. The van der Waals surface area contributed by atoms with Crippen molar-refractivity contribution in [2.75, 3.05) is 18.0 Å². The Morgan fingerprint density at radius 2 is 1.96 bits per heavy atom. The van der Waals surface area contributed by atoms with Crippen LogP contribution in [0.1, 0.15) is 30.0 Å². The van der Waals surface area contributed by atoms with Crippen molar-refractivity contribution >= 4 is 28.8 Å². The standard InChI is InChI=1S/C20H21N3O3/c1-3-23(4-2)16-10-9-15(17(24)12-16)13-21-22-20(25)19-11-14-7-5-6-8-18(14)26-19/h5-13,24H,3-4H2,1-2H3,(H,22,25)/b21-13+. The van der Waals surface area contributed by atoms with E-state index in [0.717, 1.165) is 24.2 Å². The number of hydrogen-bond donors (Lipinski definition) is 2. The fourth-order valence-corrected chi connectivity index (χ4v) is 2.74. The van der Waals surface area contributed by atoms with Crippen molar-refractivity contribution in [3.05, 3.63) is 59.9 Å². The van der Waals surface area contributed by atoms with E-state index in [1.165, 1.54) is 6.21 Å². The molecule has 3 rings (SSSR count). The molecule has 0 aliphatic rings. The van der Waals surface area contributed by atoms with Crippen molar-refractivity contribution in [1.29, 1.82) is 0 Å². The Bertz CT molecular complexity index is 909. The molecular weight excluding hydrogens is 330 g/mol. The van der Waals surface area contributed by atoms with Crippen LogP contribution < -0.4 is 10.3 Å². The zero-order chi connectivity index (χ0) is 18.5. The van der Waals surface area contributed by atoms with E-state index in [1.807, 2.05) is 24.3 Å². The number of carbonyl (C=O) groups is 1. The van der Waals surface area contributed by atoms with E-state index in [1.54, 1.807) is 24.3 Å². The van der Waals surface area contributed by atoms with E-state index < -0.39 is 5.91 Å². The van der Waals surface area contributed by atoms with Crippen molar-refractivity contribution in [2.24, 2.45) is 5.10 Å². The van der Waals surface area contributed by atoms with Crippen LogP contribution in [-0.2, 0) is 0 Å². The summed E-state index contributed by atoms with van der Waals surface area (Å²) in [7, 11) is 0. The number of aromatic hydroxyl groups is 1. The van der Waals surface area contributed by atoms with Crippen molar-refractivity contribution in [3.63, 3.8) is 0 Å². The molecule has 0 bridgehead atoms. The SMILES string of the molecule is CCN(CC)c1ccc(/C=N/NC(=O)c2cc3ccccc3o2)c(O)c1. The minimum absolute atomic E-state index is 0.108. The van der Waals surface area contributed by atoms with Crippen LogP contribution in [0.15, 0.2) is 58.0 Å². The van der Waals surface area contributed by atoms with Gasteiger partial charge in [0.1, 0.15) is 11.3 Å². The van der Waals surface area contributed by atoms with Crippen LogP contribution in [0, 0.1) is 0 Å². The van der Waals surface area contributed by atoms with Gasteiger partial charge in [-0.2, -0.15) is 5.10 Å². The maximum atomic E-state index is 12.1. The van der Waals surface area contributed by atoms with Gasteiger partial charge in [0.2, 0.25) is 0 Å². The van der Waals surface area contributed by atoms with Crippen LogP contribution in [0.2, 0.25) is 0 Å². The molecule has 0 aliphatic heterocycles. The highest BCUT2D eigenvalue weighted by molar-refractivity contribution is 5.96. The number of carbonyl (C=O) groups excluding carboxylic acids is 1. The highest BCUT2D eigenvalue weighted by atomic mass is 16.3. The molecule has 0 spiro atoms. The number of hydrogen-bond acceptors (Lipinski definition) is 5. The molecule has 26 heavy (non-hydrogen) atoms. The number of nitrogens with zero attached hydrogens (tertiary/aromatic N) is 2. The zero-order valence-corrected chi connectivity index (χ0v) is 14.8. The monoisotopic (exact) mass is 351 g/mol. The molecule has 6 heteroatoms. The van der Waals surface area contributed by atoms with Gasteiger partial charge in [-0.1, -0.05) is 18.2 Å². The number of para-hydroxylation sites is 1. The summed E-state index contributed by atoms with van der Waals surface area (Å²) in [6.45, 7) is 5.83. The molecule has 3 aromatic rings. The fourth-order valence-electron chi connectivity index (χ4n) is 2.74. The van der Waals surface area contributed by atoms with Crippen molar-refractivity contribution < 1.29 is 14.3 Å². The van der Waals surface area contributed by atoms with Crippen LogP contribution in [0.3, 0.4) is 0 Å². The third-order valence-electron chi connectivity index (χ3n) is 4.16. The topological polar surface area (TPSA) is 78.1 Å². The van der Waals surface area contributed by atoms with Gasteiger partial charge in [-0.25, -0.2) is 5.43 Å². The molecule has 0 atom stereocenters. The number of anilines is 1. The second kappa shape index (κ2) is 7.74. The van der Waals surface area contributed by atoms with E-state index >= 15 is 0 Å². The number of benzene rings is 2. The van der Waals surface area contributed by atoms with E-state index in [-0.39, 0.29) is 11.5 Å². The van der Waals surface area contributed by atoms with Crippen LogP contribution in [0.4, 0.5) is 5.69 Å². The lowest BCUT2D eigenvalue weighted by atomic mass is 10.2. The average Bonchev–Trinajstić information content (AvgIpc) is 3.08. The lowest BCUT2D eigenvalue weighted by molar-refractivity contribution is 0.0929. The lowest BCUT2D eigenvalue weighted by Gasteiger charge is -2.21. The summed E-state index contributed by atoms with van der Waals surface area (Å²) in [5, 5.41) is 14.9. The number of furan rings is 1. The molecule has 0 radical (unpaired) electrons. The van der Waals surface area contributed by atoms with E-state index in [9.17, 15) is 9.90 Å². The van der Waals surface area contributed by atoms with E-state index in [2.05, 4.69) is 29.3 Å². The van der Waals surface area contributed by atoms with Gasteiger partial charge >= 0.3 is 5.91 Å². The van der Waals surface area contributed by atoms with Crippen LogP contribution in [0.5, 0.6) is 5.75 Å². The summed E-state index contributed by atoms with van der Waals surface area (Å²) in [6, 6.07) is 14.4. The molecular formula is C20H21N3O3. The molecule has 1 aromatic heterocycles. The first kappa shape index (κ1) is 17.5. The first-order valence-corrected chi connectivity index (χ1v) is 8.52. The van der Waals surface area contributed by atoms with Crippen LogP contribution >= 0.6 is 0 Å². The van der Waals surface area contributed by atoms with Crippen LogP contribution in [-0.4, -0.2) is 30.3 Å². The Labute approximate surface area is 151 Å². The van der Waals surface area contributed by atoms with Gasteiger partial charge in [-0.3, -0.25) is 4.79 Å². The maximum Gasteiger partial charge on any atom is 0.307 e. The van der Waals surface area contributed by atoms with Gasteiger partial charge in [0.15, 0.2) is 5.76 Å². The summed E-state index contributed by atoms with van der Waals surface area (Å²) in [6.07, 6.45) is 1.40. The molecule has 2 N–H and O–H groups in total. The van der Waals surface area contributed by atoms with Gasteiger partial charge in [0, 0.05) is 35.8 Å². The largest absolute Gasteiger partial charge is 0.507 e. The number of fused-ring (bicyclic) bond motifs is 1. The Morgan fingerprint density at radius 3 is 2.65 bits per heavy atom. The van der Waals surface area contributed by atoms with Gasteiger partial charge in [0.05, 0.1) is 6.21 Å². The van der Waals surface area contributed by atoms with Crippen LogP contribution in [0.25, 0.3) is 11.0 Å². The minimum Gasteiger partial charge on any atom is -0.507 e. The first-order valence-electron chi connectivity index (χ1n) is 8.52. The molecule has 0 saturated heterocycles. The Hall–Kier alpha value is -3.28. The smallest absolute Gasteiger partial charge is 0.307 e. The van der Waals surface area contributed by atoms with E-state index in [4.69, 9.17) is 4.42 Å². The molecule has 0 unspecified atom stereocenters. The average molecular weight is 351 g/mol. The summed E-state index contributed by atoms with van der Waals surface area (Å²) < 4.78 is 5.48. The normalized spacial score (nSPS) is 11.2. The maximum absolute atomic E-state index is 12.1. The molecule has 2 aromatic carbocycles. The summed E-state index contributed by atoms with van der Waals surface area (Å²) >= 11 is 0. The quantitative estimate of drug-likeness (QED) is 0.524. The van der Waals surface area contributed by atoms with Gasteiger partial charge in [-0.15, -0.1) is 0 Å². The highest BCUT2D eigenvalue weighted by Gasteiger charge is 2.11. The summed E-state index contributed by atoms with van der Waals surface area (Å²) in [5.74, 6) is -0.155. The van der Waals surface area contributed by atoms with Gasteiger partial charge < -0.3 is 14.4 Å². The zero-order valence-electron chi connectivity index (χ0n) is 14.8. The molecule has 1 heterocycles. The Kier molecular flexibility index (Phi) is 5.22. The molecule has 1 amide bonds. The lowest BCUT2D eigenvalue weighted by Crippen LogP contribution is -2.21. The molecule has 134 valence electrons. The third-order valence-corrected chi connectivity index (χ3v) is 4.16. The first-order chi connectivity index (χ1) is 12.6. The van der Waals surface area contributed by atoms with Crippen molar-refractivity contribution in [2.45, 2.75) is 13.8 Å². The second-order valence-corrected chi connectivity index (χ2v) is 5.76. The van der Waals surface area contributed by atoms with Crippen molar-refractivity contribution in [3.8, 4) is 5.75 Å². The number of rotatable bonds is 6. The van der Waals surface area contributed by atoms with Gasteiger partial charge in [0.25, 0.3) is 0 Å². The molecule has 0 saturated carbocycles. The number of phenolic OH excluding ortho intramolecular Hbond substituents is 1. The molecule has 6 nitrogen and oxygen atoms in total. The highest BCUT2D eigenvalue weighted by Crippen LogP contribution is 2.23.